The molecule has 0 amide bonds. The molecule has 0 aliphatic carbocycles. The van der Waals surface area contributed by atoms with E-state index in [1.807, 2.05) is 54.3 Å². The van der Waals surface area contributed by atoms with Gasteiger partial charge in [-0.25, -0.2) is 9.98 Å². The summed E-state index contributed by atoms with van der Waals surface area (Å²) in [5.74, 6) is 5.43. The lowest BCUT2D eigenvalue weighted by Crippen LogP contribution is -2.37. The molecule has 2 N–H and O–H groups in total. The van der Waals surface area contributed by atoms with Crippen LogP contribution in [0.15, 0.2) is 76.7 Å². The second kappa shape index (κ2) is 15.7. The highest BCUT2D eigenvalue weighted by atomic mass is 16.5. The van der Waals surface area contributed by atoms with E-state index in [9.17, 15) is 15.0 Å². The Bertz CT molecular complexity index is 1480. The highest BCUT2D eigenvalue weighted by molar-refractivity contribution is 5.82. The van der Waals surface area contributed by atoms with E-state index in [2.05, 4.69) is 27.8 Å². The van der Waals surface area contributed by atoms with Gasteiger partial charge in [0.05, 0.1) is 48.2 Å². The zero-order valence-electron chi connectivity index (χ0n) is 23.5. The van der Waals surface area contributed by atoms with Gasteiger partial charge in [-0.1, -0.05) is 32.0 Å². The van der Waals surface area contributed by atoms with Crippen molar-refractivity contribution in [3.05, 3.63) is 89.0 Å². The second-order valence-corrected chi connectivity index (χ2v) is 9.67. The number of benzene rings is 3. The largest absolute Gasteiger partial charge is 0.464 e. The van der Waals surface area contributed by atoms with Crippen LogP contribution in [0.1, 0.15) is 36.1 Å². The summed E-state index contributed by atoms with van der Waals surface area (Å²) in [7, 11) is 0. The summed E-state index contributed by atoms with van der Waals surface area (Å²) in [5.41, 5.74) is 5.74. The number of aliphatic hydroxyl groups is 2. The van der Waals surface area contributed by atoms with Gasteiger partial charge in [0, 0.05) is 24.4 Å². The van der Waals surface area contributed by atoms with Crippen LogP contribution in [0.25, 0.3) is 12.2 Å². The molecule has 0 aliphatic heterocycles. The van der Waals surface area contributed by atoms with Gasteiger partial charge in [-0.2, -0.15) is 5.26 Å². The first-order valence-corrected chi connectivity index (χ1v) is 13.3. The molecular formula is C33H34N4O4. The molecular weight excluding hydrogens is 516 g/mol. The highest BCUT2D eigenvalue weighted by Crippen LogP contribution is 2.20. The van der Waals surface area contributed by atoms with Crippen LogP contribution in [0, 0.1) is 24.2 Å². The van der Waals surface area contributed by atoms with Crippen molar-refractivity contribution < 1.29 is 19.7 Å². The Morgan fingerprint density at radius 1 is 1.00 bits per heavy atom. The number of nitriles is 1. The zero-order valence-corrected chi connectivity index (χ0v) is 23.5. The minimum atomic E-state index is -0.914. The summed E-state index contributed by atoms with van der Waals surface area (Å²) in [5, 5.41) is 28.1. The molecule has 0 radical (unpaired) electrons. The average Bonchev–Trinajstić information content (AvgIpc) is 2.98. The van der Waals surface area contributed by atoms with Crippen molar-refractivity contribution in [1.82, 2.24) is 0 Å². The van der Waals surface area contributed by atoms with Crippen molar-refractivity contribution in [1.29, 1.82) is 5.26 Å². The molecule has 1 unspecified atom stereocenters. The molecule has 0 saturated carbocycles. The van der Waals surface area contributed by atoms with E-state index in [0.717, 1.165) is 33.8 Å². The van der Waals surface area contributed by atoms with Gasteiger partial charge in [-0.15, -0.1) is 0 Å². The topological polar surface area (TPSA) is 119 Å². The summed E-state index contributed by atoms with van der Waals surface area (Å²) >= 11 is 0. The molecule has 210 valence electrons. The summed E-state index contributed by atoms with van der Waals surface area (Å²) < 4.78 is 5.28. The summed E-state index contributed by atoms with van der Waals surface area (Å²) in [6, 6.07) is 22.5. The number of anilines is 1. The normalized spacial score (nSPS) is 11.0. The number of rotatable bonds is 12. The van der Waals surface area contributed by atoms with Crippen LogP contribution in [0.5, 0.6) is 0 Å². The van der Waals surface area contributed by atoms with Crippen molar-refractivity contribution >= 4 is 46.9 Å². The molecule has 8 heteroatoms. The van der Waals surface area contributed by atoms with Gasteiger partial charge in [-0.05, 0) is 83.9 Å². The van der Waals surface area contributed by atoms with Crippen LogP contribution in [0.4, 0.5) is 17.1 Å². The highest BCUT2D eigenvalue weighted by Gasteiger charge is 2.14. The zero-order chi connectivity index (χ0) is 29.6. The van der Waals surface area contributed by atoms with E-state index < -0.39 is 6.10 Å². The van der Waals surface area contributed by atoms with Crippen LogP contribution >= 0.6 is 0 Å². The van der Waals surface area contributed by atoms with Crippen LogP contribution in [0.2, 0.25) is 0 Å². The van der Waals surface area contributed by atoms with Crippen LogP contribution < -0.4 is 4.90 Å². The molecule has 0 heterocycles. The number of carbonyl (C=O) groups is 1. The number of carbonyl (C=O) groups excluding carboxylic acids is 1. The lowest BCUT2D eigenvalue weighted by atomic mass is 10.1. The molecule has 8 nitrogen and oxygen atoms in total. The van der Waals surface area contributed by atoms with E-state index in [1.165, 1.54) is 0 Å². The molecule has 0 saturated heterocycles. The quantitative estimate of drug-likeness (QED) is 0.235. The van der Waals surface area contributed by atoms with Crippen LogP contribution in [-0.2, 0) is 9.53 Å². The Hall–Kier alpha value is -4.76. The van der Waals surface area contributed by atoms with E-state index in [1.54, 1.807) is 50.3 Å². The molecule has 3 aromatic carbocycles. The fraction of sp³-hybridized carbons (Fsp3) is 0.273. The van der Waals surface area contributed by atoms with Gasteiger partial charge in [0.1, 0.15) is 6.61 Å². The van der Waals surface area contributed by atoms with Gasteiger partial charge in [-0.3, -0.25) is 4.79 Å². The first-order valence-electron chi connectivity index (χ1n) is 13.3. The molecule has 0 spiro atoms. The number of aliphatic hydroxyl groups excluding tert-OH is 2. The van der Waals surface area contributed by atoms with Crippen molar-refractivity contribution in [2.75, 3.05) is 31.2 Å². The Morgan fingerprint density at radius 3 is 2.29 bits per heavy atom. The molecule has 0 fully saturated rings. The fourth-order valence-corrected chi connectivity index (χ4v) is 3.70. The minimum Gasteiger partial charge on any atom is -0.464 e. The Labute approximate surface area is 240 Å². The number of esters is 1. The standard InChI is InChI=1S/C33H34N4O4/c1-24(2)33(40)41-19-18-37(22-31(39)23-38)30-11-6-26(7-12-30)14-17-36-32-13-8-27(20-25(32)3)15-16-35-29-9-4-28(21-34)5-10-29/h4-15,20,24,31,38-39H,18-19,22-23H2,1-3H3. The van der Waals surface area contributed by atoms with Crippen LogP contribution in [0.3, 0.4) is 0 Å². The smallest absolute Gasteiger partial charge is 0.308 e. The van der Waals surface area contributed by atoms with Gasteiger partial charge >= 0.3 is 5.97 Å². The number of ether oxygens (including phenoxy) is 1. The number of hydrogen-bond donors (Lipinski definition) is 2. The van der Waals surface area contributed by atoms with Gasteiger partial charge in [0.15, 0.2) is 0 Å². The van der Waals surface area contributed by atoms with Gasteiger partial charge in [0.25, 0.3) is 0 Å². The number of aliphatic imine (C=N–C) groups is 2. The predicted octanol–water partition coefficient (Wildman–Crippen LogP) is 5.25. The maximum Gasteiger partial charge on any atom is 0.308 e. The minimum absolute atomic E-state index is 0.182. The van der Waals surface area contributed by atoms with Crippen molar-refractivity contribution in [3.8, 4) is 6.07 Å². The average molecular weight is 551 g/mol. The third kappa shape index (κ3) is 10.1. The van der Waals surface area contributed by atoms with Gasteiger partial charge < -0.3 is 19.8 Å². The molecule has 41 heavy (non-hydrogen) atoms. The fourth-order valence-electron chi connectivity index (χ4n) is 3.70. The SMILES string of the molecule is Cc1cc(C=C=Nc2ccc(C#N)cc2)ccc1N=C=Cc1ccc(N(CCOC(=O)C(C)C)CC(O)CO)cc1. The molecule has 0 aliphatic rings. The molecule has 3 aromatic rings. The Morgan fingerprint density at radius 2 is 1.66 bits per heavy atom. The molecule has 1 atom stereocenters. The maximum atomic E-state index is 11.8. The first kappa shape index (κ1) is 30.8. The predicted molar refractivity (Wildman–Crippen MR) is 163 cm³/mol. The van der Waals surface area contributed by atoms with E-state index >= 15 is 0 Å². The van der Waals surface area contributed by atoms with Crippen molar-refractivity contribution in [2.45, 2.75) is 26.9 Å². The monoisotopic (exact) mass is 550 g/mol. The summed E-state index contributed by atoms with van der Waals surface area (Å²) in [6.07, 6.45) is 2.65. The molecule has 3 rings (SSSR count). The lowest BCUT2D eigenvalue weighted by Gasteiger charge is -2.26. The van der Waals surface area contributed by atoms with E-state index in [4.69, 9.17) is 10.00 Å². The Balaban J connectivity index is 1.65. The summed E-state index contributed by atoms with van der Waals surface area (Å²) in [6.45, 7) is 5.94. The second-order valence-electron chi connectivity index (χ2n) is 9.67. The van der Waals surface area contributed by atoms with Gasteiger partial charge in [0.2, 0.25) is 0 Å². The van der Waals surface area contributed by atoms with E-state index in [-0.39, 0.29) is 31.6 Å². The lowest BCUT2D eigenvalue weighted by molar-refractivity contribution is -0.147. The molecule has 0 aromatic heterocycles. The Kier molecular flexibility index (Phi) is 11.8. The number of aryl methyl sites for hydroxylation is 1. The van der Waals surface area contributed by atoms with Crippen molar-refractivity contribution in [3.63, 3.8) is 0 Å². The molecule has 0 bridgehead atoms. The first-order chi connectivity index (χ1) is 19.8. The summed E-state index contributed by atoms with van der Waals surface area (Å²) in [4.78, 5) is 22.4. The number of nitrogens with zero attached hydrogens (tertiary/aromatic N) is 4. The number of hydrogen-bond acceptors (Lipinski definition) is 8. The maximum absolute atomic E-state index is 11.8. The third-order valence-corrected chi connectivity index (χ3v) is 6.04. The van der Waals surface area contributed by atoms with E-state index in [0.29, 0.717) is 12.1 Å². The van der Waals surface area contributed by atoms with Crippen LogP contribution in [-0.4, -0.2) is 60.3 Å². The third-order valence-electron chi connectivity index (χ3n) is 6.04. The van der Waals surface area contributed by atoms with Crippen molar-refractivity contribution in [2.24, 2.45) is 15.9 Å².